The topological polar surface area (TPSA) is 75.4 Å². The zero-order valence-corrected chi connectivity index (χ0v) is 11.0. The number of nitrogens with zero attached hydrogens (tertiary/aromatic N) is 1. The van der Waals surface area contributed by atoms with Crippen molar-refractivity contribution in [1.82, 2.24) is 10.2 Å². The van der Waals surface area contributed by atoms with Gasteiger partial charge in [0.05, 0.1) is 0 Å². The van der Waals surface area contributed by atoms with Gasteiger partial charge in [-0.3, -0.25) is 9.69 Å². The molecular weight excluding hydrogens is 242 g/mol. The average molecular weight is 261 g/mol. The van der Waals surface area contributed by atoms with Crippen LogP contribution in [0.25, 0.3) is 6.08 Å². The molecule has 1 aromatic rings. The van der Waals surface area contributed by atoms with Crippen LogP contribution in [0.3, 0.4) is 0 Å². The highest BCUT2D eigenvalue weighted by Gasteiger charge is 2.09. The van der Waals surface area contributed by atoms with Crippen molar-refractivity contribution < 1.29 is 9.59 Å². The van der Waals surface area contributed by atoms with E-state index in [4.69, 9.17) is 5.73 Å². The van der Waals surface area contributed by atoms with Crippen molar-refractivity contribution in [2.24, 2.45) is 5.73 Å². The summed E-state index contributed by atoms with van der Waals surface area (Å²) in [5, 5.41) is 2.54. The normalized spacial score (nSPS) is 10.4. The Morgan fingerprint density at radius 1 is 1.37 bits per heavy atom. The van der Waals surface area contributed by atoms with E-state index in [1.165, 1.54) is 11.8 Å². The van der Waals surface area contributed by atoms with E-state index in [9.17, 15) is 9.59 Å². The number of imide groups is 1. The van der Waals surface area contributed by atoms with Crippen LogP contribution >= 0.6 is 0 Å². The Bertz CT molecular complexity index is 441. The SMILES string of the molecule is Cc1ccc(/C=C/NC(=O)N(C=O)CCCN)cc1. The second kappa shape index (κ2) is 8.05. The molecule has 0 bridgehead atoms. The van der Waals surface area contributed by atoms with Crippen LogP contribution < -0.4 is 11.1 Å². The van der Waals surface area contributed by atoms with Crippen molar-refractivity contribution >= 4 is 18.5 Å². The summed E-state index contributed by atoms with van der Waals surface area (Å²) in [5.74, 6) is 0. The lowest BCUT2D eigenvalue weighted by Gasteiger charge is -2.13. The minimum Gasteiger partial charge on any atom is -0.330 e. The molecule has 0 aliphatic carbocycles. The first kappa shape index (κ1) is 14.9. The Morgan fingerprint density at radius 2 is 2.05 bits per heavy atom. The van der Waals surface area contributed by atoms with E-state index >= 15 is 0 Å². The van der Waals surface area contributed by atoms with Crippen molar-refractivity contribution in [3.05, 3.63) is 41.6 Å². The number of carbonyl (C=O) groups excluding carboxylic acids is 2. The molecule has 0 aliphatic rings. The van der Waals surface area contributed by atoms with Crippen LogP contribution in [0.1, 0.15) is 17.5 Å². The molecule has 0 heterocycles. The summed E-state index contributed by atoms with van der Waals surface area (Å²) in [6.07, 6.45) is 4.38. The van der Waals surface area contributed by atoms with Gasteiger partial charge in [0.25, 0.3) is 0 Å². The molecule has 1 aromatic carbocycles. The first-order valence-electron chi connectivity index (χ1n) is 6.13. The molecular formula is C14H19N3O2. The summed E-state index contributed by atoms with van der Waals surface area (Å²) in [7, 11) is 0. The van der Waals surface area contributed by atoms with Gasteiger partial charge in [0.2, 0.25) is 6.41 Å². The molecule has 0 saturated carbocycles. The Kier molecular flexibility index (Phi) is 6.32. The Hall–Kier alpha value is -2.14. The average Bonchev–Trinajstić information content (AvgIpc) is 2.42. The van der Waals surface area contributed by atoms with Crippen LogP contribution in [0.4, 0.5) is 4.79 Å². The van der Waals surface area contributed by atoms with E-state index in [1.54, 1.807) is 6.08 Å². The van der Waals surface area contributed by atoms with Crippen molar-refractivity contribution in [3.63, 3.8) is 0 Å². The zero-order valence-electron chi connectivity index (χ0n) is 11.0. The van der Waals surface area contributed by atoms with E-state index in [1.807, 2.05) is 31.2 Å². The fourth-order valence-electron chi connectivity index (χ4n) is 1.43. The monoisotopic (exact) mass is 261 g/mol. The van der Waals surface area contributed by atoms with Crippen molar-refractivity contribution in [2.75, 3.05) is 13.1 Å². The summed E-state index contributed by atoms with van der Waals surface area (Å²) in [6, 6.07) is 7.42. The van der Waals surface area contributed by atoms with Crippen LogP contribution in [-0.4, -0.2) is 30.4 Å². The van der Waals surface area contributed by atoms with Crippen LogP contribution in [0.2, 0.25) is 0 Å². The minimum absolute atomic E-state index is 0.324. The maximum atomic E-state index is 11.6. The first-order chi connectivity index (χ1) is 9.17. The van der Waals surface area contributed by atoms with Gasteiger partial charge in [0.1, 0.15) is 0 Å². The lowest BCUT2D eigenvalue weighted by atomic mass is 10.1. The molecule has 0 aliphatic heterocycles. The van der Waals surface area contributed by atoms with E-state index in [2.05, 4.69) is 5.32 Å². The first-order valence-corrected chi connectivity index (χ1v) is 6.13. The van der Waals surface area contributed by atoms with Crippen molar-refractivity contribution in [2.45, 2.75) is 13.3 Å². The number of benzene rings is 1. The summed E-state index contributed by atoms with van der Waals surface area (Å²) in [4.78, 5) is 23.4. The molecule has 0 radical (unpaired) electrons. The fraction of sp³-hybridized carbons (Fsp3) is 0.286. The molecule has 0 fully saturated rings. The van der Waals surface area contributed by atoms with Crippen LogP contribution in [0.15, 0.2) is 30.5 Å². The third-order valence-electron chi connectivity index (χ3n) is 2.55. The lowest BCUT2D eigenvalue weighted by molar-refractivity contribution is -0.115. The molecule has 0 atom stereocenters. The molecule has 3 amide bonds. The number of nitrogens with two attached hydrogens (primary N) is 1. The molecule has 1 rings (SSSR count). The van der Waals surface area contributed by atoms with Crippen LogP contribution in [0, 0.1) is 6.92 Å². The second-order valence-electron chi connectivity index (χ2n) is 4.13. The van der Waals surface area contributed by atoms with Crippen LogP contribution in [0.5, 0.6) is 0 Å². The largest absolute Gasteiger partial charge is 0.330 e. The van der Waals surface area contributed by atoms with Gasteiger partial charge in [0.15, 0.2) is 0 Å². The van der Waals surface area contributed by atoms with Gasteiger partial charge in [-0.2, -0.15) is 0 Å². The van der Waals surface area contributed by atoms with Gasteiger partial charge in [-0.1, -0.05) is 29.8 Å². The zero-order chi connectivity index (χ0) is 14.1. The number of hydrogen-bond donors (Lipinski definition) is 2. The van der Waals surface area contributed by atoms with Gasteiger partial charge in [-0.05, 0) is 31.5 Å². The van der Waals surface area contributed by atoms with Gasteiger partial charge < -0.3 is 11.1 Å². The number of nitrogens with one attached hydrogen (secondary N) is 1. The highest BCUT2D eigenvalue weighted by atomic mass is 16.2. The van der Waals surface area contributed by atoms with Gasteiger partial charge >= 0.3 is 6.03 Å². The third kappa shape index (κ3) is 5.35. The number of urea groups is 1. The maximum Gasteiger partial charge on any atom is 0.327 e. The molecule has 19 heavy (non-hydrogen) atoms. The number of aryl methyl sites for hydroxylation is 1. The van der Waals surface area contributed by atoms with Gasteiger partial charge in [0, 0.05) is 12.7 Å². The number of carbonyl (C=O) groups is 2. The highest BCUT2D eigenvalue weighted by molar-refractivity contribution is 5.85. The molecule has 0 aromatic heterocycles. The quantitative estimate of drug-likeness (QED) is 0.762. The smallest absolute Gasteiger partial charge is 0.327 e. The predicted octanol–water partition coefficient (Wildman–Crippen LogP) is 1.48. The molecule has 5 nitrogen and oxygen atoms in total. The Morgan fingerprint density at radius 3 is 2.63 bits per heavy atom. The fourth-order valence-corrected chi connectivity index (χ4v) is 1.43. The highest BCUT2D eigenvalue weighted by Crippen LogP contribution is 2.04. The number of amides is 3. The standard InChI is InChI=1S/C14H19N3O2/c1-12-3-5-13(6-4-12)7-9-16-14(19)17(11-18)10-2-8-15/h3-7,9,11H,2,8,10,15H2,1H3,(H,16,19)/b9-7+. The molecule has 0 spiro atoms. The summed E-state index contributed by atoms with van der Waals surface area (Å²) < 4.78 is 0. The summed E-state index contributed by atoms with van der Waals surface area (Å²) in [6.45, 7) is 2.77. The maximum absolute atomic E-state index is 11.6. The van der Waals surface area contributed by atoms with Gasteiger partial charge in [-0.25, -0.2) is 4.79 Å². The Balaban J connectivity index is 2.48. The van der Waals surface area contributed by atoms with Crippen molar-refractivity contribution in [3.8, 4) is 0 Å². The van der Waals surface area contributed by atoms with Gasteiger partial charge in [-0.15, -0.1) is 0 Å². The van der Waals surface area contributed by atoms with E-state index in [0.29, 0.717) is 25.9 Å². The number of hydrogen-bond acceptors (Lipinski definition) is 3. The van der Waals surface area contributed by atoms with Crippen molar-refractivity contribution in [1.29, 1.82) is 0 Å². The minimum atomic E-state index is -0.452. The lowest BCUT2D eigenvalue weighted by Crippen LogP contribution is -2.37. The molecule has 102 valence electrons. The number of rotatable bonds is 6. The molecule has 0 saturated heterocycles. The van der Waals surface area contributed by atoms with E-state index in [0.717, 1.165) is 10.5 Å². The summed E-state index contributed by atoms with van der Waals surface area (Å²) in [5.41, 5.74) is 7.49. The predicted molar refractivity (Wildman–Crippen MR) is 75.2 cm³/mol. The van der Waals surface area contributed by atoms with E-state index in [-0.39, 0.29) is 0 Å². The molecule has 0 unspecified atom stereocenters. The third-order valence-corrected chi connectivity index (χ3v) is 2.55. The Labute approximate surface area is 113 Å². The molecule has 5 heteroatoms. The summed E-state index contributed by atoms with van der Waals surface area (Å²) >= 11 is 0. The second-order valence-corrected chi connectivity index (χ2v) is 4.13. The van der Waals surface area contributed by atoms with E-state index < -0.39 is 6.03 Å². The van der Waals surface area contributed by atoms with Crippen LogP contribution in [-0.2, 0) is 4.79 Å². The molecule has 3 N–H and O–H groups in total.